The van der Waals surface area contributed by atoms with Gasteiger partial charge in [-0.3, -0.25) is 4.79 Å². The number of carboxylic acid groups (broad SMARTS) is 1. The maximum atomic E-state index is 10.7. The van der Waals surface area contributed by atoms with E-state index in [1.165, 1.54) is 70.6 Å². The molecule has 1 rings (SSSR count). The van der Waals surface area contributed by atoms with E-state index in [2.05, 4.69) is 6.92 Å². The van der Waals surface area contributed by atoms with Gasteiger partial charge in [0, 0.05) is 0 Å². The monoisotopic (exact) mass is 382 g/mol. The van der Waals surface area contributed by atoms with Crippen molar-refractivity contribution in [1.29, 1.82) is 0 Å². The SMILES string of the molecule is CCCCCCCCCCCCCCOc1ccc(CC(=O)O)cc1Cl. The second-order valence-electron chi connectivity index (χ2n) is 7.07. The van der Waals surface area contributed by atoms with Crippen molar-refractivity contribution in [3.05, 3.63) is 28.8 Å². The number of aliphatic carboxylic acids is 1. The molecule has 0 aromatic heterocycles. The van der Waals surface area contributed by atoms with Gasteiger partial charge < -0.3 is 9.84 Å². The second-order valence-corrected chi connectivity index (χ2v) is 7.48. The highest BCUT2D eigenvalue weighted by molar-refractivity contribution is 6.32. The molecule has 0 radical (unpaired) electrons. The van der Waals surface area contributed by atoms with Gasteiger partial charge in [-0.25, -0.2) is 0 Å². The highest BCUT2D eigenvalue weighted by Crippen LogP contribution is 2.26. The molecule has 0 aliphatic heterocycles. The number of halogens is 1. The van der Waals surface area contributed by atoms with E-state index in [0.29, 0.717) is 22.9 Å². The van der Waals surface area contributed by atoms with Gasteiger partial charge in [-0.15, -0.1) is 0 Å². The van der Waals surface area contributed by atoms with E-state index in [4.69, 9.17) is 21.4 Å². The molecule has 4 heteroatoms. The van der Waals surface area contributed by atoms with Crippen LogP contribution in [0.4, 0.5) is 0 Å². The van der Waals surface area contributed by atoms with Gasteiger partial charge in [-0.05, 0) is 24.1 Å². The van der Waals surface area contributed by atoms with Crippen molar-refractivity contribution in [2.45, 2.75) is 90.4 Å². The molecule has 0 unspecified atom stereocenters. The molecule has 0 atom stereocenters. The zero-order valence-corrected chi connectivity index (χ0v) is 17.0. The molecule has 0 fully saturated rings. The van der Waals surface area contributed by atoms with Gasteiger partial charge in [0.15, 0.2) is 0 Å². The van der Waals surface area contributed by atoms with Crippen LogP contribution < -0.4 is 4.74 Å². The molecule has 0 aliphatic carbocycles. The zero-order chi connectivity index (χ0) is 19.0. The van der Waals surface area contributed by atoms with Crippen LogP contribution in [0.1, 0.15) is 89.5 Å². The minimum Gasteiger partial charge on any atom is -0.492 e. The summed E-state index contributed by atoms with van der Waals surface area (Å²) >= 11 is 6.15. The summed E-state index contributed by atoms with van der Waals surface area (Å²) < 4.78 is 5.71. The van der Waals surface area contributed by atoms with Crippen LogP contribution in [0, 0.1) is 0 Å². The minimum atomic E-state index is -0.855. The van der Waals surface area contributed by atoms with E-state index in [0.717, 1.165) is 6.42 Å². The molecule has 0 saturated heterocycles. The summed E-state index contributed by atoms with van der Waals surface area (Å²) in [5, 5.41) is 9.28. The second kappa shape index (κ2) is 14.9. The molecule has 0 saturated carbocycles. The summed E-state index contributed by atoms with van der Waals surface area (Å²) in [7, 11) is 0. The number of carbonyl (C=O) groups is 1. The van der Waals surface area contributed by atoms with Crippen LogP contribution in [0.5, 0.6) is 5.75 Å². The van der Waals surface area contributed by atoms with E-state index in [1.807, 2.05) is 0 Å². The Morgan fingerprint density at radius 1 is 0.923 bits per heavy atom. The van der Waals surface area contributed by atoms with Gasteiger partial charge in [-0.1, -0.05) is 95.2 Å². The van der Waals surface area contributed by atoms with Crippen LogP contribution in [0.2, 0.25) is 5.02 Å². The van der Waals surface area contributed by atoms with E-state index in [1.54, 1.807) is 18.2 Å². The largest absolute Gasteiger partial charge is 0.492 e. The lowest BCUT2D eigenvalue weighted by Crippen LogP contribution is -2.01. The molecule has 0 aliphatic rings. The molecule has 0 amide bonds. The Balaban J connectivity index is 1.98. The van der Waals surface area contributed by atoms with Crippen molar-refractivity contribution < 1.29 is 14.6 Å². The Morgan fingerprint density at radius 2 is 1.46 bits per heavy atom. The Labute approximate surface area is 164 Å². The highest BCUT2D eigenvalue weighted by Gasteiger charge is 2.06. The van der Waals surface area contributed by atoms with Crippen LogP contribution in [0.15, 0.2) is 18.2 Å². The Kier molecular flexibility index (Phi) is 13.1. The van der Waals surface area contributed by atoms with Crippen LogP contribution in [0.25, 0.3) is 0 Å². The topological polar surface area (TPSA) is 46.5 Å². The average molecular weight is 383 g/mol. The molecule has 26 heavy (non-hydrogen) atoms. The molecule has 1 N–H and O–H groups in total. The normalized spacial score (nSPS) is 10.8. The van der Waals surface area contributed by atoms with Gasteiger partial charge in [0.1, 0.15) is 5.75 Å². The summed E-state index contributed by atoms with van der Waals surface area (Å²) in [6, 6.07) is 5.20. The summed E-state index contributed by atoms with van der Waals surface area (Å²) in [5.41, 5.74) is 0.695. The van der Waals surface area contributed by atoms with E-state index in [9.17, 15) is 4.79 Å². The third-order valence-corrected chi connectivity index (χ3v) is 4.90. The first-order chi connectivity index (χ1) is 12.6. The third kappa shape index (κ3) is 11.4. The molecule has 0 bridgehead atoms. The molecule has 0 heterocycles. The first-order valence-corrected chi connectivity index (χ1v) is 10.6. The smallest absolute Gasteiger partial charge is 0.307 e. The number of rotatable bonds is 16. The standard InChI is InChI=1S/C22H35ClO3/c1-2-3-4-5-6-7-8-9-10-11-12-13-16-26-21-15-14-19(17-20(21)23)18-22(24)25/h14-15,17H,2-13,16,18H2,1H3,(H,24,25). The Hall–Kier alpha value is -1.22. The lowest BCUT2D eigenvalue weighted by Gasteiger charge is -2.09. The number of hydrogen-bond acceptors (Lipinski definition) is 2. The van der Waals surface area contributed by atoms with Crippen molar-refractivity contribution in [2.24, 2.45) is 0 Å². The summed E-state index contributed by atoms with van der Waals surface area (Å²) in [6.07, 6.45) is 15.8. The van der Waals surface area contributed by atoms with Crippen molar-refractivity contribution in [3.8, 4) is 5.75 Å². The van der Waals surface area contributed by atoms with Gasteiger partial charge >= 0.3 is 5.97 Å². The first kappa shape index (κ1) is 22.8. The Morgan fingerprint density at radius 3 is 1.96 bits per heavy atom. The van der Waals surface area contributed by atoms with E-state index in [-0.39, 0.29) is 6.42 Å². The van der Waals surface area contributed by atoms with Crippen molar-refractivity contribution in [3.63, 3.8) is 0 Å². The maximum absolute atomic E-state index is 10.7. The highest BCUT2D eigenvalue weighted by atomic mass is 35.5. The zero-order valence-electron chi connectivity index (χ0n) is 16.3. The van der Waals surface area contributed by atoms with Gasteiger partial charge in [0.2, 0.25) is 0 Å². The quantitative estimate of drug-likeness (QED) is 0.311. The molecule has 1 aromatic carbocycles. The van der Waals surface area contributed by atoms with Gasteiger partial charge in [0.05, 0.1) is 18.1 Å². The number of hydrogen-bond donors (Lipinski definition) is 1. The first-order valence-electron chi connectivity index (χ1n) is 10.3. The van der Waals surface area contributed by atoms with Gasteiger partial charge in [-0.2, -0.15) is 0 Å². The van der Waals surface area contributed by atoms with Crippen LogP contribution in [-0.2, 0) is 11.2 Å². The van der Waals surface area contributed by atoms with Crippen molar-refractivity contribution in [1.82, 2.24) is 0 Å². The predicted octanol–water partition coefficient (Wildman–Crippen LogP) is 7.05. The van der Waals surface area contributed by atoms with Crippen LogP contribution in [-0.4, -0.2) is 17.7 Å². The lowest BCUT2D eigenvalue weighted by atomic mass is 10.1. The fourth-order valence-electron chi connectivity index (χ4n) is 3.07. The van der Waals surface area contributed by atoms with Crippen molar-refractivity contribution in [2.75, 3.05) is 6.61 Å². The molecule has 0 spiro atoms. The summed E-state index contributed by atoms with van der Waals surface area (Å²) in [5.74, 6) is -0.213. The Bertz CT molecular complexity index is 502. The molecule has 3 nitrogen and oxygen atoms in total. The number of carboxylic acids is 1. The molecule has 1 aromatic rings. The maximum Gasteiger partial charge on any atom is 0.307 e. The summed E-state index contributed by atoms with van der Waals surface area (Å²) in [6.45, 7) is 2.92. The van der Waals surface area contributed by atoms with E-state index >= 15 is 0 Å². The minimum absolute atomic E-state index is 0.0151. The van der Waals surface area contributed by atoms with Gasteiger partial charge in [0.25, 0.3) is 0 Å². The number of unbranched alkanes of at least 4 members (excludes halogenated alkanes) is 11. The number of benzene rings is 1. The van der Waals surface area contributed by atoms with E-state index < -0.39 is 5.97 Å². The lowest BCUT2D eigenvalue weighted by molar-refractivity contribution is -0.136. The summed E-state index contributed by atoms with van der Waals surface area (Å²) in [4.78, 5) is 10.7. The molecular weight excluding hydrogens is 348 g/mol. The predicted molar refractivity (Wildman–Crippen MR) is 109 cm³/mol. The third-order valence-electron chi connectivity index (χ3n) is 4.61. The van der Waals surface area contributed by atoms with Crippen molar-refractivity contribution >= 4 is 17.6 Å². The molecule has 148 valence electrons. The van der Waals surface area contributed by atoms with Crippen LogP contribution >= 0.6 is 11.6 Å². The molecular formula is C22H35ClO3. The average Bonchev–Trinajstić information content (AvgIpc) is 2.60. The van der Waals surface area contributed by atoms with Crippen LogP contribution in [0.3, 0.4) is 0 Å². The fraction of sp³-hybridized carbons (Fsp3) is 0.682. The fourth-order valence-corrected chi connectivity index (χ4v) is 3.33. The number of ether oxygens (including phenoxy) is 1.